The minimum Gasteiger partial charge on any atom is -0.381 e. The second kappa shape index (κ2) is 5.27. The number of nitrogens with one attached hydrogen (secondary N) is 1. The van der Waals surface area contributed by atoms with E-state index in [1.807, 2.05) is 19.3 Å². The smallest absolute Gasteiger partial charge is 0.248 e. The van der Waals surface area contributed by atoms with E-state index in [0.717, 1.165) is 11.3 Å². The summed E-state index contributed by atoms with van der Waals surface area (Å²) >= 11 is 0. The van der Waals surface area contributed by atoms with Crippen LogP contribution in [0.3, 0.4) is 0 Å². The van der Waals surface area contributed by atoms with Crippen molar-refractivity contribution in [3.63, 3.8) is 0 Å². The third-order valence-corrected chi connectivity index (χ3v) is 2.84. The number of benzene rings is 1. The lowest BCUT2D eigenvalue weighted by molar-refractivity contribution is 0.100. The zero-order valence-electron chi connectivity index (χ0n) is 10.6. The van der Waals surface area contributed by atoms with Crippen molar-refractivity contribution in [2.45, 2.75) is 6.54 Å². The van der Waals surface area contributed by atoms with Crippen LogP contribution >= 0.6 is 0 Å². The topological polar surface area (TPSA) is 83.8 Å². The number of carbonyl (C=O) groups excluding carboxylic acids is 1. The van der Waals surface area contributed by atoms with Gasteiger partial charge in [-0.2, -0.15) is 5.26 Å². The lowest BCUT2D eigenvalue weighted by Crippen LogP contribution is -2.10. The van der Waals surface area contributed by atoms with Gasteiger partial charge in [0, 0.05) is 31.0 Å². The van der Waals surface area contributed by atoms with Gasteiger partial charge in [0.25, 0.3) is 0 Å². The summed E-state index contributed by atoms with van der Waals surface area (Å²) in [5, 5.41) is 12.1. The highest BCUT2D eigenvalue weighted by molar-refractivity contribution is 5.93. The van der Waals surface area contributed by atoms with Gasteiger partial charge in [-0.15, -0.1) is 0 Å². The average molecular weight is 254 g/mol. The van der Waals surface area contributed by atoms with Crippen molar-refractivity contribution in [2.24, 2.45) is 12.8 Å². The fourth-order valence-electron chi connectivity index (χ4n) is 1.80. The third-order valence-electron chi connectivity index (χ3n) is 2.84. The largest absolute Gasteiger partial charge is 0.381 e. The molecule has 5 nitrogen and oxygen atoms in total. The van der Waals surface area contributed by atoms with Crippen molar-refractivity contribution in [1.29, 1.82) is 5.26 Å². The molecule has 19 heavy (non-hydrogen) atoms. The number of nitriles is 1. The van der Waals surface area contributed by atoms with Crippen molar-refractivity contribution < 1.29 is 4.79 Å². The van der Waals surface area contributed by atoms with Gasteiger partial charge in [-0.3, -0.25) is 4.79 Å². The molecule has 3 N–H and O–H groups in total. The molecule has 1 amide bonds. The van der Waals surface area contributed by atoms with Crippen LogP contribution in [0.4, 0.5) is 5.69 Å². The molecule has 0 aliphatic rings. The number of nitrogens with two attached hydrogens (primary N) is 1. The quantitative estimate of drug-likeness (QED) is 0.869. The van der Waals surface area contributed by atoms with Gasteiger partial charge < -0.3 is 15.6 Å². The number of hydrogen-bond acceptors (Lipinski definition) is 3. The van der Waals surface area contributed by atoms with Crippen LogP contribution in [0, 0.1) is 11.3 Å². The summed E-state index contributed by atoms with van der Waals surface area (Å²) in [5.41, 5.74) is 8.20. The summed E-state index contributed by atoms with van der Waals surface area (Å²) in [5.74, 6) is -0.437. The molecule has 0 spiro atoms. The van der Waals surface area contributed by atoms with Gasteiger partial charge in [-0.1, -0.05) is 0 Å². The Morgan fingerprint density at radius 3 is 2.63 bits per heavy atom. The highest BCUT2D eigenvalue weighted by Gasteiger charge is 2.03. The van der Waals surface area contributed by atoms with Gasteiger partial charge in [-0.25, -0.2) is 0 Å². The van der Waals surface area contributed by atoms with Gasteiger partial charge in [0.2, 0.25) is 5.91 Å². The van der Waals surface area contributed by atoms with E-state index < -0.39 is 5.91 Å². The van der Waals surface area contributed by atoms with E-state index in [-0.39, 0.29) is 0 Å². The van der Waals surface area contributed by atoms with Crippen LogP contribution in [0.2, 0.25) is 0 Å². The Bertz CT molecular complexity index is 634. The van der Waals surface area contributed by atoms with E-state index in [9.17, 15) is 4.79 Å². The normalized spacial score (nSPS) is 9.89. The average Bonchev–Trinajstić information content (AvgIpc) is 2.77. The zero-order valence-corrected chi connectivity index (χ0v) is 10.6. The summed E-state index contributed by atoms with van der Waals surface area (Å²) in [6.45, 7) is 0.617. The van der Waals surface area contributed by atoms with Crippen molar-refractivity contribution in [2.75, 3.05) is 5.32 Å². The van der Waals surface area contributed by atoms with Crippen molar-refractivity contribution in [1.82, 2.24) is 4.57 Å². The predicted molar refractivity (Wildman–Crippen MR) is 72.4 cm³/mol. The molecule has 0 bridgehead atoms. The van der Waals surface area contributed by atoms with Crippen LogP contribution < -0.4 is 11.1 Å². The van der Waals surface area contributed by atoms with E-state index >= 15 is 0 Å². The lowest BCUT2D eigenvalue weighted by Gasteiger charge is -2.05. The molecule has 0 saturated carbocycles. The molecular formula is C14H14N4O. The van der Waals surface area contributed by atoms with E-state index in [2.05, 4.69) is 11.4 Å². The molecule has 0 aliphatic carbocycles. The van der Waals surface area contributed by atoms with E-state index in [0.29, 0.717) is 17.8 Å². The molecular weight excluding hydrogens is 240 g/mol. The number of anilines is 1. The number of carbonyl (C=O) groups is 1. The van der Waals surface area contributed by atoms with Gasteiger partial charge in [0.15, 0.2) is 0 Å². The van der Waals surface area contributed by atoms with Crippen LogP contribution in [0.1, 0.15) is 21.6 Å². The number of primary amides is 1. The van der Waals surface area contributed by atoms with Crippen LogP contribution in [0.5, 0.6) is 0 Å². The molecule has 2 aromatic rings. The third kappa shape index (κ3) is 2.93. The highest BCUT2D eigenvalue weighted by atomic mass is 16.1. The summed E-state index contributed by atoms with van der Waals surface area (Å²) in [4.78, 5) is 10.9. The van der Waals surface area contributed by atoms with Crippen LogP contribution in [-0.4, -0.2) is 10.5 Å². The minimum atomic E-state index is -0.437. The second-order valence-corrected chi connectivity index (χ2v) is 4.25. The number of rotatable bonds is 4. The Kier molecular flexibility index (Phi) is 3.53. The van der Waals surface area contributed by atoms with Crippen molar-refractivity contribution in [3.8, 4) is 6.07 Å². The molecule has 2 rings (SSSR count). The zero-order chi connectivity index (χ0) is 13.8. The molecule has 0 unspecified atom stereocenters. The summed E-state index contributed by atoms with van der Waals surface area (Å²) in [6.07, 6.45) is 1.91. The monoisotopic (exact) mass is 254 g/mol. The Hall–Kier alpha value is -2.74. The maximum absolute atomic E-state index is 10.9. The lowest BCUT2D eigenvalue weighted by atomic mass is 10.2. The second-order valence-electron chi connectivity index (χ2n) is 4.25. The molecule has 0 atom stereocenters. The predicted octanol–water partition coefficient (Wildman–Crippen LogP) is 1.61. The first-order chi connectivity index (χ1) is 9.10. The van der Waals surface area contributed by atoms with Crippen LogP contribution in [0.15, 0.2) is 36.5 Å². The van der Waals surface area contributed by atoms with Gasteiger partial charge in [-0.05, 0) is 35.9 Å². The molecule has 0 saturated heterocycles. The standard InChI is InChI=1S/C14H14N4O/c1-18-9-10(6-13(18)7-15)8-17-12-4-2-11(3-5-12)14(16)19/h2-6,9,17H,8H2,1H3,(H2,16,19). The highest BCUT2D eigenvalue weighted by Crippen LogP contribution is 2.12. The molecule has 0 radical (unpaired) electrons. The maximum atomic E-state index is 10.9. The first-order valence-corrected chi connectivity index (χ1v) is 5.79. The fourth-order valence-corrected chi connectivity index (χ4v) is 1.80. The Labute approximate surface area is 111 Å². The number of aryl methyl sites for hydroxylation is 1. The molecule has 1 aromatic heterocycles. The fraction of sp³-hybridized carbons (Fsp3) is 0.143. The van der Waals surface area contributed by atoms with E-state index in [1.54, 1.807) is 28.8 Å². The van der Waals surface area contributed by atoms with Crippen molar-refractivity contribution in [3.05, 3.63) is 53.3 Å². The van der Waals surface area contributed by atoms with E-state index in [1.165, 1.54) is 0 Å². The Balaban J connectivity index is 2.02. The first-order valence-electron chi connectivity index (χ1n) is 5.79. The van der Waals surface area contributed by atoms with E-state index in [4.69, 9.17) is 11.0 Å². The minimum absolute atomic E-state index is 0.437. The number of amides is 1. The summed E-state index contributed by atoms with van der Waals surface area (Å²) in [6, 6.07) is 10.9. The number of aromatic nitrogens is 1. The number of nitrogens with zero attached hydrogens (tertiary/aromatic N) is 2. The summed E-state index contributed by atoms with van der Waals surface area (Å²) in [7, 11) is 1.84. The molecule has 1 aromatic carbocycles. The van der Waals surface area contributed by atoms with Gasteiger partial charge >= 0.3 is 0 Å². The Morgan fingerprint density at radius 2 is 2.11 bits per heavy atom. The summed E-state index contributed by atoms with van der Waals surface area (Å²) < 4.78 is 1.78. The first kappa shape index (κ1) is 12.7. The van der Waals surface area contributed by atoms with Crippen LogP contribution in [0.25, 0.3) is 0 Å². The van der Waals surface area contributed by atoms with Gasteiger partial charge in [0.05, 0.1) is 0 Å². The molecule has 96 valence electrons. The van der Waals surface area contributed by atoms with Crippen LogP contribution in [-0.2, 0) is 13.6 Å². The Morgan fingerprint density at radius 1 is 1.42 bits per heavy atom. The van der Waals surface area contributed by atoms with Crippen molar-refractivity contribution >= 4 is 11.6 Å². The molecule has 1 heterocycles. The molecule has 0 aliphatic heterocycles. The maximum Gasteiger partial charge on any atom is 0.248 e. The molecule has 0 fully saturated rings. The number of hydrogen-bond donors (Lipinski definition) is 2. The SMILES string of the molecule is Cn1cc(CNc2ccc(C(N)=O)cc2)cc1C#N. The van der Waals surface area contributed by atoms with Gasteiger partial charge in [0.1, 0.15) is 11.8 Å². The molecule has 5 heteroatoms.